The lowest BCUT2D eigenvalue weighted by atomic mass is 9.86. The van der Waals surface area contributed by atoms with E-state index in [1.807, 2.05) is 0 Å². The van der Waals surface area contributed by atoms with Crippen molar-refractivity contribution >= 4 is 46.9 Å². The number of piperidine rings is 1. The largest absolute Gasteiger partial charge is 0.494 e. The van der Waals surface area contributed by atoms with Gasteiger partial charge in [0.15, 0.2) is 5.78 Å². The lowest BCUT2D eigenvalue weighted by Gasteiger charge is -2.22. The van der Waals surface area contributed by atoms with Gasteiger partial charge >= 0.3 is 5.69 Å². The minimum Gasteiger partial charge on any atom is -0.494 e. The number of allylic oxidation sites excluding steroid dienone is 2. The first-order chi connectivity index (χ1) is 24.6. The predicted octanol–water partition coefficient (Wildman–Crippen LogP) is 3.68. The minimum absolute atomic E-state index is 0.109. The van der Waals surface area contributed by atoms with E-state index in [1.165, 1.54) is 30.3 Å². The Kier molecular flexibility index (Phi) is 9.44. The number of hydrogen-bond acceptors (Lipinski definition) is 8. The van der Waals surface area contributed by atoms with Crippen molar-refractivity contribution in [1.82, 2.24) is 14.9 Å². The first kappa shape index (κ1) is 33.5. The number of aromatic amines is 1. The molecule has 252 valence electrons. The zero-order valence-corrected chi connectivity index (χ0v) is 26.5. The number of Topliss-reactive ketones (excluding diaryl/α,β-unsaturated/α-hetero) is 1. The van der Waals surface area contributed by atoms with E-state index in [-0.39, 0.29) is 16.8 Å². The summed E-state index contributed by atoms with van der Waals surface area (Å²) in [5.74, 6) is -5.67. The second-order valence-corrected chi connectivity index (χ2v) is 11.2. The van der Waals surface area contributed by atoms with Gasteiger partial charge in [-0.15, -0.1) is 0 Å². The number of rotatable bonds is 8. The smallest absolute Gasteiger partial charge is 0.335 e. The highest BCUT2D eigenvalue weighted by Crippen LogP contribution is 2.27. The maximum atomic E-state index is 13.5. The van der Waals surface area contributed by atoms with Gasteiger partial charge in [-0.2, -0.15) is 0 Å². The van der Waals surface area contributed by atoms with Gasteiger partial charge in [0, 0.05) is 22.5 Å². The zero-order chi connectivity index (χ0) is 36.1. The number of ketones is 1. The monoisotopic (exact) mass is 681 g/mol. The summed E-state index contributed by atoms with van der Waals surface area (Å²) < 4.78 is 0.809. The van der Waals surface area contributed by atoms with E-state index in [9.17, 15) is 38.7 Å². The normalized spacial score (nSPS) is 15.1. The molecule has 4 aromatic carbocycles. The second-order valence-electron chi connectivity index (χ2n) is 11.2. The molecule has 0 aliphatic carbocycles. The van der Waals surface area contributed by atoms with E-state index in [2.05, 4.69) is 20.9 Å². The molecule has 0 radical (unpaired) electrons. The first-order valence-electron chi connectivity index (χ1n) is 15.4. The number of benzene rings is 4. The number of aromatic hydroxyl groups is 1. The highest BCUT2D eigenvalue weighted by molar-refractivity contribution is 6.34. The minimum atomic E-state index is -1.43. The van der Waals surface area contributed by atoms with Crippen molar-refractivity contribution in [3.8, 4) is 11.6 Å². The molecule has 5 N–H and O–H groups in total. The average molecular weight is 682 g/mol. The maximum absolute atomic E-state index is 13.5. The van der Waals surface area contributed by atoms with Crippen LogP contribution in [-0.2, 0) is 14.4 Å². The Labute approximate surface area is 288 Å². The number of imide groups is 1. The van der Waals surface area contributed by atoms with Crippen LogP contribution < -0.4 is 27.2 Å². The van der Waals surface area contributed by atoms with E-state index >= 15 is 0 Å². The summed E-state index contributed by atoms with van der Waals surface area (Å²) in [7, 11) is 0. The summed E-state index contributed by atoms with van der Waals surface area (Å²) in [6.07, 6.45) is 3.31. The number of carbonyl (C=O) groups is 5. The maximum Gasteiger partial charge on any atom is 0.335 e. The van der Waals surface area contributed by atoms with Gasteiger partial charge in [0.1, 0.15) is 11.5 Å². The number of amides is 4. The molecule has 0 spiro atoms. The van der Waals surface area contributed by atoms with Gasteiger partial charge in [-0.25, -0.2) is 9.36 Å². The van der Waals surface area contributed by atoms with Crippen LogP contribution in [0.4, 0.5) is 11.4 Å². The summed E-state index contributed by atoms with van der Waals surface area (Å²) >= 11 is 0. The number of nitrogens with zero attached hydrogens (tertiary/aromatic N) is 1. The van der Waals surface area contributed by atoms with Crippen LogP contribution in [0.3, 0.4) is 0 Å². The molecule has 13 nitrogen and oxygen atoms in total. The highest BCUT2D eigenvalue weighted by atomic mass is 16.3. The Morgan fingerprint density at radius 3 is 1.94 bits per heavy atom. The number of anilines is 2. The van der Waals surface area contributed by atoms with Crippen molar-refractivity contribution in [2.24, 2.45) is 0 Å². The van der Waals surface area contributed by atoms with Crippen LogP contribution in [0.15, 0.2) is 137 Å². The summed E-state index contributed by atoms with van der Waals surface area (Å²) in [6.45, 7) is 0. The molecule has 6 rings (SSSR count). The topological polar surface area (TPSA) is 197 Å². The molecule has 2 heterocycles. The van der Waals surface area contributed by atoms with Gasteiger partial charge < -0.3 is 15.7 Å². The van der Waals surface area contributed by atoms with E-state index in [0.717, 1.165) is 22.8 Å². The summed E-state index contributed by atoms with van der Waals surface area (Å²) in [4.78, 5) is 92.0. The molecule has 1 atom stereocenters. The van der Waals surface area contributed by atoms with Crippen molar-refractivity contribution in [1.29, 1.82) is 0 Å². The van der Waals surface area contributed by atoms with Crippen LogP contribution in [0.5, 0.6) is 5.88 Å². The standard InChI is InChI=1S/C38H27N5O8/c44-31-28(34(47)41-36(49)30(31)24-14-7-15-25(20-24)39-32(45)22-10-3-1-4-11-22)18-9-19-29-35(48)42-38(51)43(37(29)50)27-17-8-16-26(21-27)40-33(46)23-12-5-2-6-13-23/h1-21,30,50H,(H,39,45)(H,40,46)(H,41,47,49)(H,42,48,51). The third-order valence-corrected chi connectivity index (χ3v) is 7.83. The molecule has 51 heavy (non-hydrogen) atoms. The number of aromatic nitrogens is 2. The Bertz CT molecular complexity index is 2390. The average Bonchev–Trinajstić information content (AvgIpc) is 3.11. The first-order valence-corrected chi connectivity index (χ1v) is 15.4. The van der Waals surface area contributed by atoms with Gasteiger partial charge in [-0.05, 0) is 72.3 Å². The molecule has 1 aliphatic heterocycles. The molecule has 1 aromatic heterocycles. The van der Waals surface area contributed by atoms with Crippen molar-refractivity contribution in [2.75, 3.05) is 10.6 Å². The molecule has 4 amide bonds. The van der Waals surface area contributed by atoms with E-state index in [4.69, 9.17) is 0 Å². The van der Waals surface area contributed by atoms with E-state index in [1.54, 1.807) is 78.9 Å². The lowest BCUT2D eigenvalue weighted by Crippen LogP contribution is -2.46. The van der Waals surface area contributed by atoms with Crippen molar-refractivity contribution in [3.05, 3.63) is 170 Å². The number of H-pyrrole nitrogens is 1. The Balaban J connectivity index is 1.25. The molecule has 5 aromatic rings. The van der Waals surface area contributed by atoms with Crippen LogP contribution in [0, 0.1) is 0 Å². The Hall–Kier alpha value is -7.41. The van der Waals surface area contributed by atoms with Crippen LogP contribution >= 0.6 is 0 Å². The molecule has 1 unspecified atom stereocenters. The fourth-order valence-corrected chi connectivity index (χ4v) is 5.37. The van der Waals surface area contributed by atoms with Crippen LogP contribution in [0.1, 0.15) is 37.8 Å². The fourth-order valence-electron chi connectivity index (χ4n) is 5.37. The molecular formula is C38H27N5O8. The quantitative estimate of drug-likeness (QED) is 0.0708. The Morgan fingerprint density at radius 1 is 0.725 bits per heavy atom. The van der Waals surface area contributed by atoms with Crippen molar-refractivity contribution in [2.45, 2.75) is 5.92 Å². The number of carbonyl (C=O) groups excluding carboxylic acids is 5. The number of nitrogens with one attached hydrogen (secondary N) is 4. The molecule has 1 fully saturated rings. The zero-order valence-electron chi connectivity index (χ0n) is 26.5. The van der Waals surface area contributed by atoms with Crippen LogP contribution in [0.25, 0.3) is 11.8 Å². The summed E-state index contributed by atoms with van der Waals surface area (Å²) in [5, 5.41) is 18.6. The molecule has 1 saturated heterocycles. The van der Waals surface area contributed by atoms with Gasteiger partial charge in [-0.3, -0.25) is 39.1 Å². The van der Waals surface area contributed by atoms with E-state index < -0.39 is 58.0 Å². The van der Waals surface area contributed by atoms with Crippen LogP contribution in [0.2, 0.25) is 0 Å². The lowest BCUT2D eigenvalue weighted by molar-refractivity contribution is -0.136. The molecule has 0 bridgehead atoms. The van der Waals surface area contributed by atoms with E-state index in [0.29, 0.717) is 22.5 Å². The summed E-state index contributed by atoms with van der Waals surface area (Å²) in [6, 6.07) is 28.9. The van der Waals surface area contributed by atoms with Crippen LogP contribution in [-0.4, -0.2) is 44.1 Å². The predicted molar refractivity (Wildman–Crippen MR) is 188 cm³/mol. The molecule has 1 aliphatic rings. The highest BCUT2D eigenvalue weighted by Gasteiger charge is 2.39. The third kappa shape index (κ3) is 7.22. The van der Waals surface area contributed by atoms with Gasteiger partial charge in [-0.1, -0.05) is 60.7 Å². The molecule has 13 heteroatoms. The summed E-state index contributed by atoms with van der Waals surface area (Å²) in [5.41, 5.74) is -0.984. The van der Waals surface area contributed by atoms with Gasteiger partial charge in [0.05, 0.1) is 11.3 Å². The third-order valence-electron chi connectivity index (χ3n) is 7.83. The molecular weight excluding hydrogens is 654 g/mol. The Morgan fingerprint density at radius 2 is 1.31 bits per heavy atom. The fraction of sp³-hybridized carbons (Fsp3) is 0.0263. The SMILES string of the molecule is O=C1NC(=O)C(c2cccc(NC(=O)c3ccccc3)c2)C(=O)C1=CC=Cc1c(O)n(-c2cccc(NC(=O)c3ccccc3)c2)c(=O)[nH]c1=O. The van der Waals surface area contributed by atoms with Gasteiger partial charge in [0.2, 0.25) is 11.8 Å². The second kappa shape index (κ2) is 14.4. The van der Waals surface area contributed by atoms with Crippen molar-refractivity contribution < 1.29 is 29.1 Å². The van der Waals surface area contributed by atoms with Crippen molar-refractivity contribution in [3.63, 3.8) is 0 Å². The van der Waals surface area contributed by atoms with Gasteiger partial charge in [0.25, 0.3) is 23.3 Å². The molecule has 0 saturated carbocycles. The number of hydrogen-bond donors (Lipinski definition) is 5.